The summed E-state index contributed by atoms with van der Waals surface area (Å²) in [5.41, 5.74) is 0.459. The van der Waals surface area contributed by atoms with Crippen molar-refractivity contribution >= 4 is 10.0 Å². The second kappa shape index (κ2) is 5.09. The van der Waals surface area contributed by atoms with E-state index in [0.29, 0.717) is 24.7 Å². The zero-order chi connectivity index (χ0) is 14.3. The SMILES string of the molecule is Cc1ccc(S(=O)(=O)N2CCC3CCC(C2)N3)cc1F. The summed E-state index contributed by atoms with van der Waals surface area (Å²) >= 11 is 0. The molecule has 1 aromatic carbocycles. The van der Waals surface area contributed by atoms with Crippen molar-refractivity contribution in [3.05, 3.63) is 29.6 Å². The molecule has 0 aromatic heterocycles. The summed E-state index contributed by atoms with van der Waals surface area (Å²) in [7, 11) is -3.59. The fraction of sp³-hybridized carbons (Fsp3) is 0.571. The van der Waals surface area contributed by atoms with E-state index in [1.807, 2.05) is 0 Å². The minimum Gasteiger partial charge on any atom is -0.310 e. The van der Waals surface area contributed by atoms with Crippen molar-refractivity contribution in [2.75, 3.05) is 13.1 Å². The highest BCUT2D eigenvalue weighted by molar-refractivity contribution is 7.89. The van der Waals surface area contributed by atoms with Gasteiger partial charge in [-0.25, -0.2) is 12.8 Å². The molecule has 1 N–H and O–H groups in total. The molecule has 110 valence electrons. The van der Waals surface area contributed by atoms with Crippen LogP contribution in [-0.4, -0.2) is 37.9 Å². The van der Waals surface area contributed by atoms with Gasteiger partial charge >= 0.3 is 0 Å². The van der Waals surface area contributed by atoms with E-state index in [1.54, 1.807) is 6.92 Å². The highest BCUT2D eigenvalue weighted by atomic mass is 32.2. The lowest BCUT2D eigenvalue weighted by molar-refractivity contribution is 0.383. The Morgan fingerprint density at radius 3 is 2.75 bits per heavy atom. The van der Waals surface area contributed by atoms with Gasteiger partial charge in [-0.05, 0) is 43.9 Å². The van der Waals surface area contributed by atoms with Gasteiger partial charge in [-0.1, -0.05) is 6.07 Å². The van der Waals surface area contributed by atoms with Gasteiger partial charge in [-0.2, -0.15) is 4.31 Å². The van der Waals surface area contributed by atoms with Gasteiger partial charge in [0.1, 0.15) is 5.82 Å². The summed E-state index contributed by atoms with van der Waals surface area (Å²) in [6.07, 6.45) is 2.96. The number of rotatable bonds is 2. The van der Waals surface area contributed by atoms with Crippen LogP contribution in [0.2, 0.25) is 0 Å². The van der Waals surface area contributed by atoms with Gasteiger partial charge in [0, 0.05) is 25.2 Å². The fourth-order valence-corrected chi connectivity index (χ4v) is 4.52. The summed E-state index contributed by atoms with van der Waals surface area (Å²) in [6.45, 7) is 2.61. The lowest BCUT2D eigenvalue weighted by Gasteiger charge is -2.23. The molecule has 2 atom stereocenters. The zero-order valence-electron chi connectivity index (χ0n) is 11.5. The monoisotopic (exact) mass is 298 g/mol. The first-order valence-electron chi connectivity index (χ1n) is 6.99. The minimum absolute atomic E-state index is 0.0540. The molecule has 0 radical (unpaired) electrons. The van der Waals surface area contributed by atoms with Crippen LogP contribution in [0.5, 0.6) is 0 Å². The van der Waals surface area contributed by atoms with Gasteiger partial charge in [0.05, 0.1) is 4.90 Å². The summed E-state index contributed by atoms with van der Waals surface area (Å²) < 4.78 is 40.3. The molecule has 3 rings (SSSR count). The van der Waals surface area contributed by atoms with Crippen molar-refractivity contribution in [2.45, 2.75) is 43.2 Å². The number of hydrogen-bond donors (Lipinski definition) is 1. The lowest BCUT2D eigenvalue weighted by atomic mass is 10.1. The van der Waals surface area contributed by atoms with Crippen LogP contribution in [0.1, 0.15) is 24.8 Å². The third kappa shape index (κ3) is 2.47. The van der Waals surface area contributed by atoms with Gasteiger partial charge < -0.3 is 5.32 Å². The number of aryl methyl sites for hydroxylation is 1. The van der Waals surface area contributed by atoms with E-state index in [1.165, 1.54) is 16.4 Å². The molecule has 2 saturated heterocycles. The Balaban J connectivity index is 1.89. The van der Waals surface area contributed by atoms with Gasteiger partial charge in [0.25, 0.3) is 0 Å². The Kier molecular flexibility index (Phi) is 3.56. The summed E-state index contributed by atoms with van der Waals surface area (Å²) in [4.78, 5) is 0.0540. The minimum atomic E-state index is -3.59. The maximum absolute atomic E-state index is 13.6. The van der Waals surface area contributed by atoms with Crippen molar-refractivity contribution < 1.29 is 12.8 Å². The third-order valence-corrected chi connectivity index (χ3v) is 6.13. The number of nitrogens with one attached hydrogen (secondary N) is 1. The smallest absolute Gasteiger partial charge is 0.243 e. The third-order valence-electron chi connectivity index (χ3n) is 4.27. The highest BCUT2D eigenvalue weighted by Gasteiger charge is 2.35. The van der Waals surface area contributed by atoms with Crippen LogP contribution in [0.25, 0.3) is 0 Å². The number of nitrogens with zero attached hydrogens (tertiary/aromatic N) is 1. The molecule has 2 unspecified atom stereocenters. The van der Waals surface area contributed by atoms with Crippen molar-refractivity contribution in [3.8, 4) is 0 Å². The molecule has 0 spiro atoms. The number of sulfonamides is 1. The predicted molar refractivity (Wildman–Crippen MR) is 74.5 cm³/mol. The topological polar surface area (TPSA) is 49.4 Å². The maximum Gasteiger partial charge on any atom is 0.243 e. The Morgan fingerprint density at radius 1 is 1.25 bits per heavy atom. The first-order valence-corrected chi connectivity index (χ1v) is 8.43. The van der Waals surface area contributed by atoms with Gasteiger partial charge in [0.15, 0.2) is 0 Å². The predicted octanol–water partition coefficient (Wildman–Crippen LogP) is 1.65. The number of hydrogen-bond acceptors (Lipinski definition) is 3. The molecule has 0 saturated carbocycles. The van der Waals surface area contributed by atoms with Crippen LogP contribution >= 0.6 is 0 Å². The Morgan fingerprint density at radius 2 is 2.00 bits per heavy atom. The highest BCUT2D eigenvalue weighted by Crippen LogP contribution is 2.25. The van der Waals surface area contributed by atoms with Crippen molar-refractivity contribution in [1.82, 2.24) is 9.62 Å². The molecule has 2 aliphatic heterocycles. The summed E-state index contributed by atoms with van der Waals surface area (Å²) in [5, 5.41) is 3.45. The zero-order valence-corrected chi connectivity index (χ0v) is 12.3. The molecular weight excluding hydrogens is 279 g/mol. The van der Waals surface area contributed by atoms with Crippen molar-refractivity contribution in [1.29, 1.82) is 0 Å². The Hall–Kier alpha value is -0.980. The number of fused-ring (bicyclic) bond motifs is 2. The van der Waals surface area contributed by atoms with Crippen LogP contribution in [-0.2, 0) is 10.0 Å². The molecule has 0 aliphatic carbocycles. The normalized spacial score (nSPS) is 27.5. The summed E-state index contributed by atoms with van der Waals surface area (Å²) in [6, 6.07) is 4.79. The van der Waals surface area contributed by atoms with Crippen LogP contribution in [0.15, 0.2) is 23.1 Å². The van der Waals surface area contributed by atoms with Crippen molar-refractivity contribution in [2.24, 2.45) is 0 Å². The number of benzene rings is 1. The fourth-order valence-electron chi connectivity index (χ4n) is 3.01. The quantitative estimate of drug-likeness (QED) is 0.903. The lowest BCUT2D eigenvalue weighted by Crippen LogP contribution is -2.39. The van der Waals surface area contributed by atoms with E-state index in [0.717, 1.165) is 25.3 Å². The molecule has 0 amide bonds. The molecule has 2 aliphatic rings. The molecule has 2 fully saturated rings. The van der Waals surface area contributed by atoms with Crippen LogP contribution in [0.3, 0.4) is 0 Å². The average Bonchev–Trinajstić information content (AvgIpc) is 2.71. The largest absolute Gasteiger partial charge is 0.310 e. The Labute approximate surface area is 119 Å². The van der Waals surface area contributed by atoms with E-state index in [2.05, 4.69) is 5.32 Å². The maximum atomic E-state index is 13.6. The van der Waals surface area contributed by atoms with E-state index in [-0.39, 0.29) is 10.9 Å². The molecule has 4 nitrogen and oxygen atoms in total. The standard InChI is InChI=1S/C14H19FN2O2S/c1-10-2-5-13(8-14(10)15)20(18,19)17-7-6-11-3-4-12(9-17)16-11/h2,5,8,11-12,16H,3-4,6-7,9H2,1H3. The second-order valence-corrected chi connectivity index (χ2v) is 7.64. The van der Waals surface area contributed by atoms with E-state index in [9.17, 15) is 12.8 Å². The van der Waals surface area contributed by atoms with Gasteiger partial charge in [0.2, 0.25) is 10.0 Å². The molecule has 6 heteroatoms. The van der Waals surface area contributed by atoms with Gasteiger partial charge in [-0.3, -0.25) is 0 Å². The molecule has 2 bridgehead atoms. The van der Waals surface area contributed by atoms with Crippen molar-refractivity contribution in [3.63, 3.8) is 0 Å². The first kappa shape index (κ1) is 14.0. The van der Waals surface area contributed by atoms with Gasteiger partial charge in [-0.15, -0.1) is 0 Å². The van der Waals surface area contributed by atoms with Crippen LogP contribution in [0, 0.1) is 12.7 Å². The van der Waals surface area contributed by atoms with E-state index >= 15 is 0 Å². The second-order valence-electron chi connectivity index (χ2n) is 5.70. The van der Waals surface area contributed by atoms with E-state index in [4.69, 9.17) is 0 Å². The van der Waals surface area contributed by atoms with Crippen LogP contribution in [0.4, 0.5) is 4.39 Å². The summed E-state index contributed by atoms with van der Waals surface area (Å²) in [5.74, 6) is -0.472. The molecule has 20 heavy (non-hydrogen) atoms. The number of halogens is 1. The van der Waals surface area contributed by atoms with E-state index < -0.39 is 15.8 Å². The molecule has 2 heterocycles. The van der Waals surface area contributed by atoms with Crippen LogP contribution < -0.4 is 5.32 Å². The molecular formula is C14H19FN2O2S. The first-order chi connectivity index (χ1) is 9.46. The molecule has 1 aromatic rings. The average molecular weight is 298 g/mol. The Bertz CT molecular complexity index is 618.